The number of carbonyl (C=O) groups excluding carboxylic acids is 1. The first-order valence-corrected chi connectivity index (χ1v) is 9.58. The number of halogens is 1. The third-order valence-corrected chi connectivity index (χ3v) is 6.04. The van der Waals surface area contributed by atoms with Gasteiger partial charge in [-0.25, -0.2) is 9.37 Å². The topological polar surface area (TPSA) is 51.7 Å². The Labute approximate surface area is 155 Å². The maximum absolute atomic E-state index is 13.4. The largest absolute Gasteiger partial charge is 0.496 e. The average Bonchev–Trinajstić information content (AvgIpc) is 3.22. The number of rotatable bonds is 4. The number of morpholine rings is 1. The van der Waals surface area contributed by atoms with Crippen molar-refractivity contribution in [3.8, 4) is 17.0 Å². The highest BCUT2D eigenvalue weighted by atomic mass is 32.1. The van der Waals surface area contributed by atoms with E-state index in [4.69, 9.17) is 9.47 Å². The molecule has 1 aliphatic carbocycles. The number of benzene rings is 1. The molecule has 2 aliphatic rings. The molecule has 2 fully saturated rings. The summed E-state index contributed by atoms with van der Waals surface area (Å²) in [6, 6.07) is 4.41. The van der Waals surface area contributed by atoms with Crippen LogP contribution < -0.4 is 4.74 Å². The third-order valence-electron chi connectivity index (χ3n) is 5.11. The molecule has 1 aromatic carbocycles. The first kappa shape index (κ1) is 17.4. The van der Waals surface area contributed by atoms with E-state index in [1.54, 1.807) is 6.07 Å². The fourth-order valence-electron chi connectivity index (χ4n) is 3.20. The van der Waals surface area contributed by atoms with E-state index in [2.05, 4.69) is 4.98 Å². The van der Waals surface area contributed by atoms with Gasteiger partial charge in [0.25, 0.3) is 0 Å². The molecule has 1 saturated heterocycles. The Morgan fingerprint density at radius 2 is 2.27 bits per heavy atom. The Morgan fingerprint density at radius 3 is 3.00 bits per heavy atom. The highest BCUT2D eigenvalue weighted by molar-refractivity contribution is 7.10. The lowest BCUT2D eigenvalue weighted by molar-refractivity contribution is -0.144. The maximum atomic E-state index is 13.4. The molecule has 2 aromatic rings. The predicted molar refractivity (Wildman–Crippen MR) is 96.7 cm³/mol. The van der Waals surface area contributed by atoms with E-state index >= 15 is 0 Å². The van der Waals surface area contributed by atoms with Gasteiger partial charge >= 0.3 is 0 Å². The van der Waals surface area contributed by atoms with Crippen molar-refractivity contribution in [3.63, 3.8) is 0 Å². The van der Waals surface area contributed by atoms with Crippen LogP contribution in [0, 0.1) is 11.2 Å². The van der Waals surface area contributed by atoms with Gasteiger partial charge in [0.1, 0.15) is 22.7 Å². The minimum atomic E-state index is -0.348. The first-order valence-electron chi connectivity index (χ1n) is 8.70. The normalized spacial score (nSPS) is 21.5. The van der Waals surface area contributed by atoms with E-state index in [9.17, 15) is 9.18 Å². The van der Waals surface area contributed by atoms with Crippen molar-refractivity contribution in [1.29, 1.82) is 0 Å². The van der Waals surface area contributed by atoms with Gasteiger partial charge in [-0.15, -0.1) is 11.3 Å². The van der Waals surface area contributed by atoms with Gasteiger partial charge in [0.2, 0.25) is 5.91 Å². The minimum absolute atomic E-state index is 0.169. The highest BCUT2D eigenvalue weighted by Gasteiger charge is 2.48. The second-order valence-corrected chi connectivity index (χ2v) is 7.98. The molecule has 26 heavy (non-hydrogen) atoms. The van der Waals surface area contributed by atoms with Gasteiger partial charge in [-0.3, -0.25) is 4.79 Å². The first-order chi connectivity index (χ1) is 12.5. The lowest BCUT2D eigenvalue weighted by Crippen LogP contribution is -2.45. The Balaban J connectivity index is 1.53. The molecule has 2 heterocycles. The summed E-state index contributed by atoms with van der Waals surface area (Å²) in [6.45, 7) is 3.71. The molecule has 1 saturated carbocycles. The molecule has 4 rings (SSSR count). The standard InChI is InChI=1S/C19H21FN2O3S/c1-19(5-6-19)18(23)22-7-8-25-16(10-22)17-21-14(11-26-17)13-4-3-12(20)9-15(13)24-2/h3-4,9,11,16H,5-8,10H2,1-2H3. The number of nitrogens with zero attached hydrogens (tertiary/aromatic N) is 2. The summed E-state index contributed by atoms with van der Waals surface area (Å²) in [5.41, 5.74) is 1.30. The van der Waals surface area contributed by atoms with Gasteiger partial charge < -0.3 is 14.4 Å². The molecule has 1 atom stereocenters. The summed E-state index contributed by atoms with van der Waals surface area (Å²) >= 11 is 1.49. The predicted octanol–water partition coefficient (Wildman–Crippen LogP) is 3.66. The van der Waals surface area contributed by atoms with E-state index in [0.717, 1.165) is 29.1 Å². The summed E-state index contributed by atoms with van der Waals surface area (Å²) in [6.07, 6.45) is 1.72. The van der Waals surface area contributed by atoms with E-state index in [-0.39, 0.29) is 23.2 Å². The molecule has 1 aromatic heterocycles. The highest BCUT2D eigenvalue weighted by Crippen LogP contribution is 2.47. The van der Waals surface area contributed by atoms with Crippen LogP contribution in [-0.2, 0) is 9.53 Å². The SMILES string of the molecule is COc1cc(F)ccc1-c1csc(C2CN(C(=O)C3(C)CC3)CCO2)n1. The number of hydrogen-bond acceptors (Lipinski definition) is 5. The lowest BCUT2D eigenvalue weighted by atomic mass is 10.1. The number of thiazole rings is 1. The number of aromatic nitrogens is 1. The van der Waals surface area contributed by atoms with E-state index in [1.807, 2.05) is 17.2 Å². The second-order valence-electron chi connectivity index (χ2n) is 7.09. The molecular formula is C19H21FN2O3S. The van der Waals surface area contributed by atoms with Gasteiger partial charge in [-0.2, -0.15) is 0 Å². The van der Waals surface area contributed by atoms with E-state index in [0.29, 0.717) is 25.4 Å². The second kappa shape index (κ2) is 6.63. The van der Waals surface area contributed by atoms with Gasteiger partial charge in [-0.05, 0) is 25.0 Å². The van der Waals surface area contributed by atoms with Gasteiger partial charge in [-0.1, -0.05) is 6.92 Å². The fourth-order valence-corrected chi connectivity index (χ4v) is 4.06. The number of ether oxygens (including phenoxy) is 2. The summed E-state index contributed by atoms with van der Waals surface area (Å²) in [5, 5.41) is 2.74. The molecule has 1 amide bonds. The summed E-state index contributed by atoms with van der Waals surface area (Å²) < 4.78 is 24.5. The van der Waals surface area contributed by atoms with Crippen molar-refractivity contribution in [3.05, 3.63) is 34.4 Å². The Morgan fingerprint density at radius 1 is 1.46 bits per heavy atom. The maximum Gasteiger partial charge on any atom is 0.228 e. The van der Waals surface area contributed by atoms with Gasteiger partial charge in [0.15, 0.2) is 0 Å². The monoisotopic (exact) mass is 376 g/mol. The van der Waals surface area contributed by atoms with Crippen LogP contribution in [0.3, 0.4) is 0 Å². The Bertz CT molecular complexity index is 834. The van der Waals surface area contributed by atoms with Crippen LogP contribution in [0.15, 0.2) is 23.6 Å². The van der Waals surface area contributed by atoms with Crippen LogP contribution >= 0.6 is 11.3 Å². The van der Waals surface area contributed by atoms with Gasteiger partial charge in [0.05, 0.1) is 26.0 Å². The molecule has 0 spiro atoms. The molecule has 138 valence electrons. The quantitative estimate of drug-likeness (QED) is 0.817. The van der Waals surface area contributed by atoms with Crippen molar-refractivity contribution in [2.75, 3.05) is 26.8 Å². The zero-order valence-corrected chi connectivity index (χ0v) is 15.6. The summed E-state index contributed by atoms with van der Waals surface area (Å²) in [7, 11) is 1.51. The molecule has 1 unspecified atom stereocenters. The van der Waals surface area contributed by atoms with Crippen LogP contribution in [0.5, 0.6) is 5.75 Å². The summed E-state index contributed by atoms with van der Waals surface area (Å²) in [5.74, 6) is 0.326. The van der Waals surface area contributed by atoms with Crippen LogP contribution in [0.25, 0.3) is 11.3 Å². The van der Waals surface area contributed by atoms with E-state index in [1.165, 1.54) is 30.6 Å². The molecule has 5 nitrogen and oxygen atoms in total. The van der Waals surface area contributed by atoms with Crippen molar-refractivity contribution in [1.82, 2.24) is 9.88 Å². The molecular weight excluding hydrogens is 355 g/mol. The van der Waals surface area contributed by atoms with Crippen LogP contribution in [-0.4, -0.2) is 42.6 Å². The number of amides is 1. The van der Waals surface area contributed by atoms with Crippen molar-refractivity contribution in [2.45, 2.75) is 25.9 Å². The van der Waals surface area contributed by atoms with Crippen molar-refractivity contribution >= 4 is 17.2 Å². The van der Waals surface area contributed by atoms with Crippen molar-refractivity contribution in [2.24, 2.45) is 5.41 Å². The molecule has 0 radical (unpaired) electrons. The molecule has 0 N–H and O–H groups in total. The molecule has 1 aliphatic heterocycles. The zero-order chi connectivity index (χ0) is 18.3. The lowest BCUT2D eigenvalue weighted by Gasteiger charge is -2.33. The Hall–Kier alpha value is -1.99. The Kier molecular flexibility index (Phi) is 4.44. The minimum Gasteiger partial charge on any atom is -0.496 e. The number of hydrogen-bond donors (Lipinski definition) is 0. The van der Waals surface area contributed by atoms with Crippen LogP contribution in [0.4, 0.5) is 4.39 Å². The fraction of sp³-hybridized carbons (Fsp3) is 0.474. The third kappa shape index (κ3) is 3.21. The zero-order valence-electron chi connectivity index (χ0n) is 14.8. The molecule has 7 heteroatoms. The van der Waals surface area contributed by atoms with Gasteiger partial charge in [0, 0.05) is 29.0 Å². The van der Waals surface area contributed by atoms with E-state index < -0.39 is 0 Å². The average molecular weight is 376 g/mol. The summed E-state index contributed by atoms with van der Waals surface area (Å²) in [4.78, 5) is 19.2. The number of methoxy groups -OCH3 is 1. The van der Waals surface area contributed by atoms with Crippen LogP contribution in [0.1, 0.15) is 30.9 Å². The number of carbonyl (C=O) groups is 1. The molecule has 0 bridgehead atoms. The van der Waals surface area contributed by atoms with Crippen molar-refractivity contribution < 1.29 is 18.7 Å². The van der Waals surface area contributed by atoms with Crippen LogP contribution in [0.2, 0.25) is 0 Å². The smallest absolute Gasteiger partial charge is 0.228 e.